The lowest BCUT2D eigenvalue weighted by Gasteiger charge is -2.28. The van der Waals surface area contributed by atoms with Crippen LogP contribution in [0.2, 0.25) is 0 Å². The lowest BCUT2D eigenvalue weighted by Crippen LogP contribution is -2.37. The molecule has 0 bridgehead atoms. The number of aliphatic hydroxyl groups is 1. The van der Waals surface area contributed by atoms with E-state index in [9.17, 15) is 5.11 Å². The van der Waals surface area contributed by atoms with Gasteiger partial charge in [-0.05, 0) is 44.1 Å². The smallest absolute Gasteiger partial charge is 0.204 e. The van der Waals surface area contributed by atoms with Crippen LogP contribution in [0.1, 0.15) is 18.4 Å². The van der Waals surface area contributed by atoms with Gasteiger partial charge >= 0.3 is 0 Å². The van der Waals surface area contributed by atoms with Gasteiger partial charge in [-0.1, -0.05) is 48.0 Å². The number of hydrogen-bond acceptors (Lipinski definition) is 4. The quantitative estimate of drug-likeness (QED) is 0.700. The van der Waals surface area contributed by atoms with Crippen LogP contribution in [0, 0.1) is 11.7 Å². The standard InChI is InChI=1S/C21H24N4OS/c1-16-7-9-18(10-8-16)25-20(17-5-3-2-4-6-17)22-24(21(25)27)15-23-13-11-19(26)12-14-23/h2-10,19,26H,11-15H2,1H3. The molecule has 1 aliphatic heterocycles. The number of likely N-dealkylation sites (tertiary alicyclic amines) is 1. The lowest BCUT2D eigenvalue weighted by atomic mass is 10.1. The molecule has 0 atom stereocenters. The molecule has 0 amide bonds. The van der Waals surface area contributed by atoms with Gasteiger partial charge < -0.3 is 5.11 Å². The Balaban J connectivity index is 1.75. The summed E-state index contributed by atoms with van der Waals surface area (Å²) in [4.78, 5) is 2.30. The highest BCUT2D eigenvalue weighted by Gasteiger charge is 2.20. The Morgan fingerprint density at radius 1 is 1.04 bits per heavy atom. The molecule has 0 spiro atoms. The molecular formula is C21H24N4OS. The number of benzene rings is 2. The molecule has 0 radical (unpaired) electrons. The van der Waals surface area contributed by atoms with E-state index in [2.05, 4.69) is 48.2 Å². The van der Waals surface area contributed by atoms with Gasteiger partial charge in [0.25, 0.3) is 0 Å². The van der Waals surface area contributed by atoms with E-state index in [1.807, 2.05) is 27.4 Å². The highest BCUT2D eigenvalue weighted by atomic mass is 32.1. The van der Waals surface area contributed by atoms with Crippen molar-refractivity contribution < 1.29 is 5.11 Å². The third kappa shape index (κ3) is 3.88. The molecule has 1 aromatic heterocycles. The van der Waals surface area contributed by atoms with Crippen LogP contribution >= 0.6 is 12.2 Å². The summed E-state index contributed by atoms with van der Waals surface area (Å²) in [6.07, 6.45) is 1.42. The topological polar surface area (TPSA) is 46.2 Å². The van der Waals surface area contributed by atoms with Crippen molar-refractivity contribution in [3.05, 3.63) is 64.9 Å². The summed E-state index contributed by atoms with van der Waals surface area (Å²) in [6, 6.07) is 18.5. The molecule has 1 aliphatic rings. The van der Waals surface area contributed by atoms with Crippen LogP contribution in [-0.2, 0) is 6.67 Å². The fraction of sp³-hybridized carbons (Fsp3) is 0.333. The first-order valence-corrected chi connectivity index (χ1v) is 9.75. The minimum absolute atomic E-state index is 0.181. The second-order valence-corrected chi connectivity index (χ2v) is 7.50. The maximum Gasteiger partial charge on any atom is 0.204 e. The summed E-state index contributed by atoms with van der Waals surface area (Å²) in [6.45, 7) is 4.45. The van der Waals surface area contributed by atoms with E-state index in [1.54, 1.807) is 0 Å². The summed E-state index contributed by atoms with van der Waals surface area (Å²) in [5.74, 6) is 0.849. The molecule has 0 aliphatic carbocycles. The minimum Gasteiger partial charge on any atom is -0.393 e. The van der Waals surface area contributed by atoms with Gasteiger partial charge in [0.1, 0.15) is 0 Å². The molecule has 3 aromatic rings. The van der Waals surface area contributed by atoms with Gasteiger partial charge in [0.15, 0.2) is 5.82 Å². The van der Waals surface area contributed by atoms with E-state index >= 15 is 0 Å². The second kappa shape index (κ2) is 7.76. The molecule has 4 rings (SSSR count). The zero-order chi connectivity index (χ0) is 18.8. The van der Waals surface area contributed by atoms with Crippen molar-refractivity contribution in [2.75, 3.05) is 13.1 Å². The monoisotopic (exact) mass is 380 g/mol. The van der Waals surface area contributed by atoms with Crippen molar-refractivity contribution in [1.29, 1.82) is 0 Å². The molecule has 0 unspecified atom stereocenters. The predicted octanol–water partition coefficient (Wildman–Crippen LogP) is 3.79. The predicted molar refractivity (Wildman–Crippen MR) is 109 cm³/mol. The van der Waals surface area contributed by atoms with Crippen molar-refractivity contribution >= 4 is 12.2 Å². The molecule has 2 heterocycles. The fourth-order valence-electron chi connectivity index (χ4n) is 3.45. The van der Waals surface area contributed by atoms with Gasteiger partial charge in [0, 0.05) is 24.3 Å². The molecule has 1 fully saturated rings. The lowest BCUT2D eigenvalue weighted by molar-refractivity contribution is 0.0651. The van der Waals surface area contributed by atoms with E-state index in [0.717, 1.165) is 43.0 Å². The Morgan fingerprint density at radius 3 is 2.37 bits per heavy atom. The van der Waals surface area contributed by atoms with E-state index < -0.39 is 0 Å². The first-order valence-electron chi connectivity index (χ1n) is 9.34. The Bertz CT molecular complexity index is 954. The second-order valence-electron chi connectivity index (χ2n) is 7.13. The maximum atomic E-state index is 9.74. The Labute approximate surface area is 164 Å². The Kier molecular flexibility index (Phi) is 5.20. The van der Waals surface area contributed by atoms with E-state index in [1.165, 1.54) is 5.56 Å². The number of aromatic nitrogens is 3. The number of aryl methyl sites for hydroxylation is 1. The number of hydrogen-bond donors (Lipinski definition) is 1. The van der Waals surface area contributed by atoms with Crippen molar-refractivity contribution in [1.82, 2.24) is 19.2 Å². The van der Waals surface area contributed by atoms with Crippen molar-refractivity contribution in [3.8, 4) is 17.1 Å². The first-order chi connectivity index (χ1) is 13.1. The molecule has 6 heteroatoms. The number of piperidine rings is 1. The van der Waals surface area contributed by atoms with Gasteiger partial charge in [-0.15, -0.1) is 5.10 Å². The summed E-state index contributed by atoms with van der Waals surface area (Å²) in [5.41, 5.74) is 3.27. The maximum absolute atomic E-state index is 9.74. The Hall–Kier alpha value is -2.28. The van der Waals surface area contributed by atoms with Crippen LogP contribution in [0.25, 0.3) is 17.1 Å². The van der Waals surface area contributed by atoms with Gasteiger partial charge in [-0.2, -0.15) is 0 Å². The third-order valence-corrected chi connectivity index (χ3v) is 5.45. The Morgan fingerprint density at radius 2 is 1.70 bits per heavy atom. The number of rotatable bonds is 4. The van der Waals surface area contributed by atoms with E-state index in [0.29, 0.717) is 11.4 Å². The summed E-state index contributed by atoms with van der Waals surface area (Å²) >= 11 is 5.81. The molecule has 5 nitrogen and oxygen atoms in total. The summed E-state index contributed by atoms with van der Waals surface area (Å²) in [7, 11) is 0. The largest absolute Gasteiger partial charge is 0.393 e. The highest BCUT2D eigenvalue weighted by Crippen LogP contribution is 2.23. The molecule has 1 saturated heterocycles. The zero-order valence-electron chi connectivity index (χ0n) is 15.5. The number of aliphatic hydroxyl groups excluding tert-OH is 1. The van der Waals surface area contributed by atoms with Crippen LogP contribution in [0.5, 0.6) is 0 Å². The van der Waals surface area contributed by atoms with Crippen LogP contribution in [0.15, 0.2) is 54.6 Å². The molecule has 140 valence electrons. The minimum atomic E-state index is -0.181. The van der Waals surface area contributed by atoms with E-state index in [4.69, 9.17) is 17.3 Å². The first kappa shape index (κ1) is 18.1. The third-order valence-electron chi connectivity index (χ3n) is 5.05. The SMILES string of the molecule is Cc1ccc(-n2c(-c3ccccc3)nn(CN3CCC(O)CC3)c2=S)cc1. The van der Waals surface area contributed by atoms with Crippen LogP contribution in [0.3, 0.4) is 0 Å². The van der Waals surface area contributed by atoms with Crippen LogP contribution in [-0.4, -0.2) is 43.5 Å². The fourth-order valence-corrected chi connectivity index (χ4v) is 3.74. The molecule has 0 saturated carbocycles. The molecular weight excluding hydrogens is 356 g/mol. The molecule has 27 heavy (non-hydrogen) atoms. The van der Waals surface area contributed by atoms with E-state index in [-0.39, 0.29) is 6.10 Å². The number of nitrogens with zero attached hydrogens (tertiary/aromatic N) is 4. The average molecular weight is 381 g/mol. The van der Waals surface area contributed by atoms with Crippen molar-refractivity contribution in [2.24, 2.45) is 0 Å². The average Bonchev–Trinajstić information content (AvgIpc) is 3.01. The van der Waals surface area contributed by atoms with Crippen LogP contribution in [0.4, 0.5) is 0 Å². The molecule has 2 aromatic carbocycles. The van der Waals surface area contributed by atoms with Crippen molar-refractivity contribution in [3.63, 3.8) is 0 Å². The highest BCUT2D eigenvalue weighted by molar-refractivity contribution is 7.71. The van der Waals surface area contributed by atoms with Gasteiger partial charge in [-0.3, -0.25) is 9.47 Å². The van der Waals surface area contributed by atoms with Gasteiger partial charge in [-0.25, -0.2) is 4.68 Å². The normalized spacial score (nSPS) is 15.9. The van der Waals surface area contributed by atoms with Gasteiger partial charge in [0.2, 0.25) is 4.77 Å². The summed E-state index contributed by atoms with van der Waals surface area (Å²) < 4.78 is 4.63. The zero-order valence-corrected chi connectivity index (χ0v) is 16.3. The van der Waals surface area contributed by atoms with Gasteiger partial charge in [0.05, 0.1) is 12.8 Å². The summed E-state index contributed by atoms with van der Waals surface area (Å²) in [5, 5.41) is 14.6. The molecule has 1 N–H and O–H groups in total. The van der Waals surface area contributed by atoms with Crippen molar-refractivity contribution in [2.45, 2.75) is 32.5 Å². The van der Waals surface area contributed by atoms with Crippen LogP contribution < -0.4 is 0 Å².